The zero-order valence-electron chi connectivity index (χ0n) is 14.2. The molecule has 1 heterocycles. The molecule has 128 valence electrons. The van der Waals surface area contributed by atoms with Crippen LogP contribution in [0.1, 0.15) is 24.5 Å². The number of hydrogen-bond donors (Lipinski definition) is 1. The van der Waals surface area contributed by atoms with Gasteiger partial charge in [0.05, 0.1) is 12.1 Å². The van der Waals surface area contributed by atoms with Crippen LogP contribution >= 0.6 is 0 Å². The smallest absolute Gasteiger partial charge is 0.245 e. The predicted octanol–water partition coefficient (Wildman–Crippen LogP) is 2.75. The predicted molar refractivity (Wildman–Crippen MR) is 98.5 cm³/mol. The van der Waals surface area contributed by atoms with Crippen LogP contribution in [0.5, 0.6) is 0 Å². The van der Waals surface area contributed by atoms with Crippen molar-refractivity contribution in [3.05, 3.63) is 65.7 Å². The van der Waals surface area contributed by atoms with Gasteiger partial charge < -0.3 is 4.90 Å². The molecule has 1 fully saturated rings. The Morgan fingerprint density at radius 1 is 1.20 bits per heavy atom. The lowest BCUT2D eigenvalue weighted by molar-refractivity contribution is -0.126. The molecule has 1 atom stereocenters. The molecule has 2 aromatic rings. The van der Waals surface area contributed by atoms with E-state index in [9.17, 15) is 9.59 Å². The standard InChI is InChI=1S/C20H21N3O2/c1-2-15-8-10-18(11-9-15)23-14-17(12-19(23)24)20(25)22-21-13-16-6-4-3-5-7-16/h3-11,13,17H,2,12,14H2,1H3,(H,22,25)/b21-13-/t17-/m0/s1. The maximum Gasteiger partial charge on any atom is 0.245 e. The Bertz CT molecular complexity index is 769. The third-order valence-electron chi connectivity index (χ3n) is 4.34. The molecule has 1 saturated heterocycles. The first-order valence-corrected chi connectivity index (χ1v) is 8.44. The SMILES string of the molecule is CCc1ccc(N2C[C@@H](C(=O)N/N=C\c3ccccc3)CC2=O)cc1. The van der Waals surface area contributed by atoms with Gasteiger partial charge >= 0.3 is 0 Å². The molecule has 3 rings (SSSR count). The van der Waals surface area contributed by atoms with E-state index in [2.05, 4.69) is 17.5 Å². The van der Waals surface area contributed by atoms with Crippen LogP contribution in [-0.4, -0.2) is 24.6 Å². The average Bonchev–Trinajstić information content (AvgIpc) is 3.04. The second kappa shape index (κ2) is 7.75. The van der Waals surface area contributed by atoms with E-state index in [4.69, 9.17) is 0 Å². The molecule has 1 aliphatic heterocycles. The summed E-state index contributed by atoms with van der Waals surface area (Å²) in [4.78, 5) is 26.2. The van der Waals surface area contributed by atoms with Gasteiger partial charge in [0.1, 0.15) is 0 Å². The van der Waals surface area contributed by atoms with Crippen molar-refractivity contribution in [2.75, 3.05) is 11.4 Å². The monoisotopic (exact) mass is 335 g/mol. The van der Waals surface area contributed by atoms with Gasteiger partial charge in [-0.2, -0.15) is 5.10 Å². The zero-order valence-corrected chi connectivity index (χ0v) is 14.2. The summed E-state index contributed by atoms with van der Waals surface area (Å²) in [5.74, 6) is -0.643. The van der Waals surface area contributed by atoms with Crippen LogP contribution in [0.25, 0.3) is 0 Å². The minimum absolute atomic E-state index is 0.0311. The Labute approximate surface area is 147 Å². The summed E-state index contributed by atoms with van der Waals surface area (Å²) in [7, 11) is 0. The molecule has 0 saturated carbocycles. The van der Waals surface area contributed by atoms with Crippen molar-refractivity contribution in [2.45, 2.75) is 19.8 Å². The third kappa shape index (κ3) is 4.12. The normalized spacial score (nSPS) is 17.2. The Balaban J connectivity index is 1.59. The highest BCUT2D eigenvalue weighted by Crippen LogP contribution is 2.25. The second-order valence-electron chi connectivity index (χ2n) is 6.07. The Hall–Kier alpha value is -2.95. The van der Waals surface area contributed by atoms with Crippen LogP contribution < -0.4 is 10.3 Å². The zero-order chi connectivity index (χ0) is 17.6. The van der Waals surface area contributed by atoms with E-state index in [-0.39, 0.29) is 24.2 Å². The summed E-state index contributed by atoms with van der Waals surface area (Å²) in [5.41, 5.74) is 5.50. The van der Waals surface area contributed by atoms with Crippen molar-refractivity contribution in [3.8, 4) is 0 Å². The highest BCUT2D eigenvalue weighted by Gasteiger charge is 2.35. The summed E-state index contributed by atoms with van der Waals surface area (Å²) in [5, 5.41) is 3.98. The van der Waals surface area contributed by atoms with E-state index in [1.807, 2.05) is 54.6 Å². The molecule has 0 aromatic heterocycles. The number of amides is 2. The average molecular weight is 335 g/mol. The van der Waals surface area contributed by atoms with Crippen LogP contribution in [0.4, 0.5) is 5.69 Å². The molecule has 2 aromatic carbocycles. The van der Waals surface area contributed by atoms with Crippen molar-refractivity contribution in [1.82, 2.24) is 5.43 Å². The molecule has 25 heavy (non-hydrogen) atoms. The third-order valence-corrected chi connectivity index (χ3v) is 4.34. The number of anilines is 1. The van der Waals surface area contributed by atoms with Crippen molar-refractivity contribution in [3.63, 3.8) is 0 Å². The van der Waals surface area contributed by atoms with Crippen molar-refractivity contribution in [2.24, 2.45) is 11.0 Å². The van der Waals surface area contributed by atoms with Gasteiger partial charge in [-0.3, -0.25) is 9.59 Å². The van der Waals surface area contributed by atoms with E-state index in [0.717, 1.165) is 17.7 Å². The van der Waals surface area contributed by atoms with Crippen LogP contribution in [0.15, 0.2) is 59.7 Å². The molecule has 0 unspecified atom stereocenters. The van der Waals surface area contributed by atoms with E-state index in [1.165, 1.54) is 5.56 Å². The molecule has 5 heteroatoms. The quantitative estimate of drug-likeness (QED) is 0.674. The van der Waals surface area contributed by atoms with Gasteiger partial charge in [-0.15, -0.1) is 0 Å². The van der Waals surface area contributed by atoms with Crippen LogP contribution in [0.3, 0.4) is 0 Å². The Morgan fingerprint density at radius 3 is 2.60 bits per heavy atom. The highest BCUT2D eigenvalue weighted by atomic mass is 16.2. The van der Waals surface area contributed by atoms with E-state index >= 15 is 0 Å². The number of carbonyl (C=O) groups is 2. The van der Waals surface area contributed by atoms with Gasteiger partial charge in [0.15, 0.2) is 0 Å². The first-order valence-electron chi connectivity index (χ1n) is 8.44. The summed E-state index contributed by atoms with van der Waals surface area (Å²) >= 11 is 0. The summed E-state index contributed by atoms with van der Waals surface area (Å²) in [6, 6.07) is 17.4. The van der Waals surface area contributed by atoms with Gasteiger partial charge in [0, 0.05) is 18.7 Å². The number of rotatable bonds is 5. The fourth-order valence-electron chi connectivity index (χ4n) is 2.85. The van der Waals surface area contributed by atoms with Gasteiger partial charge in [-0.25, -0.2) is 5.43 Å². The topological polar surface area (TPSA) is 61.8 Å². The fraction of sp³-hybridized carbons (Fsp3) is 0.250. The second-order valence-corrected chi connectivity index (χ2v) is 6.07. The molecule has 0 spiro atoms. The minimum atomic E-state index is -0.383. The molecule has 0 bridgehead atoms. The molecular weight excluding hydrogens is 314 g/mol. The Morgan fingerprint density at radius 2 is 1.92 bits per heavy atom. The maximum atomic E-state index is 12.3. The lowest BCUT2D eigenvalue weighted by atomic mass is 10.1. The molecule has 1 aliphatic rings. The van der Waals surface area contributed by atoms with Crippen LogP contribution in [0, 0.1) is 5.92 Å². The molecule has 0 radical (unpaired) electrons. The van der Waals surface area contributed by atoms with Crippen molar-refractivity contribution >= 4 is 23.7 Å². The molecular formula is C20H21N3O2. The fourth-order valence-corrected chi connectivity index (χ4v) is 2.85. The summed E-state index contributed by atoms with van der Waals surface area (Å²) < 4.78 is 0. The highest BCUT2D eigenvalue weighted by molar-refractivity contribution is 6.00. The molecule has 2 amide bonds. The number of hydrazone groups is 1. The minimum Gasteiger partial charge on any atom is -0.312 e. The number of benzene rings is 2. The number of carbonyl (C=O) groups excluding carboxylic acids is 2. The summed E-state index contributed by atoms with van der Waals surface area (Å²) in [6.07, 6.45) is 2.76. The largest absolute Gasteiger partial charge is 0.312 e. The van der Waals surface area contributed by atoms with Gasteiger partial charge in [-0.1, -0.05) is 49.4 Å². The number of aryl methyl sites for hydroxylation is 1. The number of hydrogen-bond acceptors (Lipinski definition) is 3. The molecule has 1 N–H and O–H groups in total. The van der Waals surface area contributed by atoms with E-state index < -0.39 is 0 Å². The molecule has 0 aliphatic carbocycles. The molecule has 5 nitrogen and oxygen atoms in total. The first kappa shape index (κ1) is 16.9. The number of nitrogens with zero attached hydrogens (tertiary/aromatic N) is 2. The number of nitrogens with one attached hydrogen (secondary N) is 1. The van der Waals surface area contributed by atoms with Gasteiger partial charge in [0.2, 0.25) is 11.8 Å². The van der Waals surface area contributed by atoms with Crippen molar-refractivity contribution in [1.29, 1.82) is 0 Å². The Kier molecular flexibility index (Phi) is 5.23. The lowest BCUT2D eigenvalue weighted by Gasteiger charge is -2.16. The maximum absolute atomic E-state index is 12.3. The lowest BCUT2D eigenvalue weighted by Crippen LogP contribution is -2.30. The van der Waals surface area contributed by atoms with Gasteiger partial charge in [0.25, 0.3) is 0 Å². The van der Waals surface area contributed by atoms with E-state index in [1.54, 1.807) is 11.1 Å². The van der Waals surface area contributed by atoms with Crippen LogP contribution in [-0.2, 0) is 16.0 Å². The van der Waals surface area contributed by atoms with Gasteiger partial charge in [-0.05, 0) is 29.7 Å². The van der Waals surface area contributed by atoms with Crippen LogP contribution in [0.2, 0.25) is 0 Å². The van der Waals surface area contributed by atoms with Crippen molar-refractivity contribution < 1.29 is 9.59 Å². The summed E-state index contributed by atoms with van der Waals surface area (Å²) in [6.45, 7) is 2.48. The first-order chi connectivity index (χ1) is 12.2. The van der Waals surface area contributed by atoms with E-state index in [0.29, 0.717) is 6.54 Å².